The molecule has 0 unspecified atom stereocenters. The quantitative estimate of drug-likeness (QED) is 0.225. The molecule has 0 spiro atoms. The van der Waals surface area contributed by atoms with Crippen LogP contribution >= 0.6 is 15.9 Å². The van der Waals surface area contributed by atoms with Crippen LogP contribution in [0.25, 0.3) is 27.7 Å². The molecule has 200 valence electrons. The summed E-state index contributed by atoms with van der Waals surface area (Å²) in [6.07, 6.45) is -0.722. The molecule has 6 rings (SSSR count). The molecule has 0 atom stereocenters. The molecule has 8 nitrogen and oxygen atoms in total. The number of amides is 1. The van der Waals surface area contributed by atoms with E-state index >= 15 is 0 Å². The molecule has 0 aliphatic rings. The molecular weight excluding hydrogens is 589 g/mol. The molecule has 0 aliphatic carbocycles. The Labute approximate surface area is 233 Å². The zero-order valence-electron chi connectivity index (χ0n) is 20.4. The van der Waals surface area contributed by atoms with E-state index in [4.69, 9.17) is 4.74 Å². The number of aromatic nitrogens is 5. The van der Waals surface area contributed by atoms with E-state index in [1.165, 1.54) is 10.9 Å². The van der Waals surface area contributed by atoms with Gasteiger partial charge in [0.1, 0.15) is 11.3 Å². The SMILES string of the molecule is O=C(Nc1cnn(COc2ccc(Br)cc2)c1)c1cnn2c(C(F)(F)F)cc(-c3cccc4ccccc34)nc12. The molecule has 12 heteroatoms. The first kappa shape index (κ1) is 25.6. The topological polar surface area (TPSA) is 86.3 Å². The van der Waals surface area contributed by atoms with Crippen LogP contribution in [0.15, 0.2) is 95.9 Å². The van der Waals surface area contributed by atoms with Crippen molar-refractivity contribution in [1.29, 1.82) is 0 Å². The van der Waals surface area contributed by atoms with Gasteiger partial charge in [0, 0.05) is 10.0 Å². The van der Waals surface area contributed by atoms with Gasteiger partial charge in [0.05, 0.1) is 30.0 Å². The maximum atomic E-state index is 14.1. The maximum Gasteiger partial charge on any atom is 0.433 e. The molecule has 0 fully saturated rings. The van der Waals surface area contributed by atoms with Crippen molar-refractivity contribution < 1.29 is 22.7 Å². The Morgan fingerprint density at radius 2 is 1.75 bits per heavy atom. The third-order valence-corrected chi connectivity index (χ3v) is 6.67. The van der Waals surface area contributed by atoms with Crippen LogP contribution < -0.4 is 10.1 Å². The van der Waals surface area contributed by atoms with E-state index < -0.39 is 17.8 Å². The number of anilines is 1. The summed E-state index contributed by atoms with van der Waals surface area (Å²) in [5, 5.41) is 12.2. The third kappa shape index (κ3) is 5.00. The number of carbonyl (C=O) groups excluding carboxylic acids is 1. The van der Waals surface area contributed by atoms with Gasteiger partial charge in [-0.3, -0.25) is 4.79 Å². The third-order valence-electron chi connectivity index (χ3n) is 6.14. The molecule has 3 aromatic carbocycles. The Morgan fingerprint density at radius 1 is 0.975 bits per heavy atom. The van der Waals surface area contributed by atoms with Crippen molar-refractivity contribution in [3.63, 3.8) is 0 Å². The summed E-state index contributed by atoms with van der Waals surface area (Å²) in [4.78, 5) is 17.6. The van der Waals surface area contributed by atoms with Crippen molar-refractivity contribution in [1.82, 2.24) is 24.4 Å². The van der Waals surface area contributed by atoms with Gasteiger partial charge in [-0.2, -0.15) is 23.4 Å². The van der Waals surface area contributed by atoms with Crippen LogP contribution in [0.2, 0.25) is 0 Å². The summed E-state index contributed by atoms with van der Waals surface area (Å²) in [5.74, 6) is -0.0525. The van der Waals surface area contributed by atoms with E-state index in [-0.39, 0.29) is 23.6 Å². The highest BCUT2D eigenvalue weighted by Crippen LogP contribution is 2.35. The van der Waals surface area contributed by atoms with Gasteiger partial charge in [-0.15, -0.1) is 0 Å². The van der Waals surface area contributed by atoms with Crippen LogP contribution in [0.4, 0.5) is 18.9 Å². The first-order chi connectivity index (χ1) is 19.3. The number of hydrogen-bond acceptors (Lipinski definition) is 5. The molecule has 0 saturated heterocycles. The second-order valence-electron chi connectivity index (χ2n) is 8.79. The molecule has 1 N–H and O–H groups in total. The van der Waals surface area contributed by atoms with E-state index in [0.717, 1.165) is 27.5 Å². The number of benzene rings is 3. The molecule has 40 heavy (non-hydrogen) atoms. The summed E-state index contributed by atoms with van der Waals surface area (Å²) in [6, 6.07) is 20.8. The zero-order chi connectivity index (χ0) is 27.9. The van der Waals surface area contributed by atoms with Crippen LogP contribution in [0.3, 0.4) is 0 Å². The van der Waals surface area contributed by atoms with Crippen molar-refractivity contribution in [2.24, 2.45) is 0 Å². The lowest BCUT2D eigenvalue weighted by Crippen LogP contribution is -2.15. The molecule has 0 saturated carbocycles. The number of rotatable bonds is 6. The molecule has 0 aliphatic heterocycles. The molecular formula is C28H18BrF3N6O2. The summed E-state index contributed by atoms with van der Waals surface area (Å²) < 4.78 is 50.9. The van der Waals surface area contributed by atoms with Gasteiger partial charge in [0.2, 0.25) is 0 Å². The minimum atomic E-state index is -4.74. The second kappa shape index (κ2) is 10.1. The fourth-order valence-corrected chi connectivity index (χ4v) is 4.54. The lowest BCUT2D eigenvalue weighted by molar-refractivity contribution is -0.142. The van der Waals surface area contributed by atoms with Gasteiger partial charge < -0.3 is 10.1 Å². The van der Waals surface area contributed by atoms with Gasteiger partial charge in [-0.05, 0) is 41.1 Å². The van der Waals surface area contributed by atoms with E-state index in [0.29, 0.717) is 21.5 Å². The number of halogens is 4. The number of nitrogens with one attached hydrogen (secondary N) is 1. The molecule has 1 amide bonds. The number of hydrogen-bond donors (Lipinski definition) is 1. The van der Waals surface area contributed by atoms with Gasteiger partial charge in [-0.25, -0.2) is 14.2 Å². The highest BCUT2D eigenvalue weighted by atomic mass is 79.9. The van der Waals surface area contributed by atoms with Gasteiger partial charge in [0.15, 0.2) is 18.1 Å². The summed E-state index contributed by atoms with van der Waals surface area (Å²) >= 11 is 3.36. The number of fused-ring (bicyclic) bond motifs is 2. The van der Waals surface area contributed by atoms with Crippen molar-refractivity contribution in [2.45, 2.75) is 12.9 Å². The smallest absolute Gasteiger partial charge is 0.433 e. The molecule has 3 heterocycles. The zero-order valence-corrected chi connectivity index (χ0v) is 22.0. The van der Waals surface area contributed by atoms with Crippen molar-refractivity contribution in [3.8, 4) is 17.0 Å². The minimum Gasteiger partial charge on any atom is -0.471 e. The van der Waals surface area contributed by atoms with Crippen molar-refractivity contribution in [3.05, 3.63) is 107 Å². The second-order valence-corrected chi connectivity index (χ2v) is 9.71. The summed E-state index contributed by atoms with van der Waals surface area (Å²) in [5.41, 5.74) is -0.482. The lowest BCUT2D eigenvalue weighted by atomic mass is 10.0. The van der Waals surface area contributed by atoms with E-state index in [1.807, 2.05) is 36.4 Å². The molecule has 3 aromatic heterocycles. The normalized spacial score (nSPS) is 11.7. The maximum absolute atomic E-state index is 14.1. The Morgan fingerprint density at radius 3 is 2.55 bits per heavy atom. The number of alkyl halides is 3. The van der Waals surface area contributed by atoms with E-state index in [1.54, 1.807) is 36.5 Å². The van der Waals surface area contributed by atoms with Gasteiger partial charge in [0.25, 0.3) is 5.91 Å². The largest absolute Gasteiger partial charge is 0.471 e. The van der Waals surface area contributed by atoms with Crippen molar-refractivity contribution >= 4 is 43.9 Å². The average molecular weight is 607 g/mol. The lowest BCUT2D eigenvalue weighted by Gasteiger charge is -2.13. The Bertz CT molecular complexity index is 1860. The predicted octanol–water partition coefficient (Wildman–Crippen LogP) is 6.82. The number of carbonyl (C=O) groups is 1. The molecule has 6 aromatic rings. The summed E-state index contributed by atoms with van der Waals surface area (Å²) in [6.45, 7) is 0.0824. The van der Waals surface area contributed by atoms with Crippen molar-refractivity contribution in [2.75, 3.05) is 5.32 Å². The highest BCUT2D eigenvalue weighted by Gasteiger charge is 2.36. The Balaban J connectivity index is 1.31. The minimum absolute atomic E-state index is 0.0732. The Hall–Kier alpha value is -4.71. The van der Waals surface area contributed by atoms with E-state index in [2.05, 4.69) is 36.4 Å². The predicted molar refractivity (Wildman–Crippen MR) is 146 cm³/mol. The first-order valence-corrected chi connectivity index (χ1v) is 12.7. The Kier molecular flexibility index (Phi) is 6.46. The average Bonchev–Trinajstić information content (AvgIpc) is 3.58. The first-order valence-electron chi connectivity index (χ1n) is 11.9. The fourth-order valence-electron chi connectivity index (χ4n) is 4.28. The number of ether oxygens (including phenoxy) is 1. The van der Waals surface area contributed by atoms with Crippen LogP contribution in [-0.2, 0) is 12.9 Å². The van der Waals surface area contributed by atoms with Crippen LogP contribution in [0.5, 0.6) is 5.75 Å². The standard InChI is InChI=1S/C28H18BrF3N6O2/c29-18-8-10-20(11-9-18)40-16-37-15-19(13-33-37)35-27(39)23-14-34-38-25(28(30,31)32)12-24(36-26(23)38)22-7-3-5-17-4-1-2-6-21(17)22/h1-15H,16H2,(H,35,39). The highest BCUT2D eigenvalue weighted by molar-refractivity contribution is 9.10. The van der Waals surface area contributed by atoms with Crippen LogP contribution in [0, 0.1) is 0 Å². The van der Waals surface area contributed by atoms with E-state index in [9.17, 15) is 18.0 Å². The van der Waals surface area contributed by atoms with Gasteiger partial charge >= 0.3 is 6.18 Å². The van der Waals surface area contributed by atoms with Gasteiger partial charge in [-0.1, -0.05) is 58.4 Å². The van der Waals surface area contributed by atoms with Crippen LogP contribution in [-0.4, -0.2) is 30.3 Å². The fraction of sp³-hybridized carbons (Fsp3) is 0.0714. The van der Waals surface area contributed by atoms with Crippen LogP contribution in [0.1, 0.15) is 16.1 Å². The molecule has 0 radical (unpaired) electrons. The summed E-state index contributed by atoms with van der Waals surface area (Å²) in [7, 11) is 0. The molecule has 0 bridgehead atoms. The monoisotopic (exact) mass is 606 g/mol. The number of nitrogens with zero attached hydrogens (tertiary/aromatic N) is 5.